The van der Waals surface area contributed by atoms with Crippen LogP contribution in [-0.2, 0) is 0 Å². The number of nitrogens with zero attached hydrogens (tertiary/aromatic N) is 3. The molecule has 0 spiro atoms. The highest BCUT2D eigenvalue weighted by molar-refractivity contribution is 6.30. The van der Waals surface area contributed by atoms with Crippen molar-refractivity contribution in [2.45, 2.75) is 39.0 Å². The van der Waals surface area contributed by atoms with E-state index in [1.807, 2.05) is 0 Å². The average molecular weight is 254 g/mol. The summed E-state index contributed by atoms with van der Waals surface area (Å²) in [6.45, 7) is 5.34. The molecule has 1 saturated carbocycles. The zero-order chi connectivity index (χ0) is 12.4. The fourth-order valence-corrected chi connectivity index (χ4v) is 2.66. The summed E-state index contributed by atoms with van der Waals surface area (Å²) in [4.78, 5) is 10.7. The van der Waals surface area contributed by atoms with Gasteiger partial charge in [0.2, 0.25) is 0 Å². The Bertz CT molecular complexity index is 388. The number of anilines is 1. The molecule has 0 radical (unpaired) electrons. The molecule has 0 saturated heterocycles. The zero-order valence-electron chi connectivity index (χ0n) is 10.8. The van der Waals surface area contributed by atoms with Gasteiger partial charge in [-0.05, 0) is 24.7 Å². The topological polar surface area (TPSA) is 29.0 Å². The van der Waals surface area contributed by atoms with Crippen LogP contribution >= 0.6 is 11.6 Å². The predicted molar refractivity (Wildman–Crippen MR) is 71.7 cm³/mol. The van der Waals surface area contributed by atoms with E-state index in [4.69, 9.17) is 11.6 Å². The lowest BCUT2D eigenvalue weighted by Crippen LogP contribution is -2.30. The lowest BCUT2D eigenvalue weighted by molar-refractivity contribution is 0.321. The van der Waals surface area contributed by atoms with Gasteiger partial charge in [-0.2, -0.15) is 0 Å². The van der Waals surface area contributed by atoms with E-state index in [9.17, 15) is 0 Å². The highest BCUT2D eigenvalue weighted by Crippen LogP contribution is 2.32. The van der Waals surface area contributed by atoms with Crippen LogP contribution in [-0.4, -0.2) is 23.6 Å². The lowest BCUT2D eigenvalue weighted by atomic mass is 9.85. The highest BCUT2D eigenvalue weighted by Gasteiger charge is 2.22. The van der Waals surface area contributed by atoms with E-state index >= 15 is 0 Å². The van der Waals surface area contributed by atoms with Gasteiger partial charge in [0.15, 0.2) is 0 Å². The van der Waals surface area contributed by atoms with Crippen molar-refractivity contribution in [3.63, 3.8) is 0 Å². The first-order valence-electron chi connectivity index (χ1n) is 6.31. The van der Waals surface area contributed by atoms with Crippen LogP contribution < -0.4 is 4.90 Å². The van der Waals surface area contributed by atoms with Gasteiger partial charge in [0.05, 0.1) is 0 Å². The van der Waals surface area contributed by atoms with Crippen LogP contribution in [0.15, 0.2) is 6.33 Å². The van der Waals surface area contributed by atoms with Crippen molar-refractivity contribution < 1.29 is 0 Å². The Morgan fingerprint density at radius 3 is 2.65 bits per heavy atom. The SMILES string of the molecule is CC(C)c1c(Cl)ncnc1N(C)CC1CCC1. The van der Waals surface area contributed by atoms with Gasteiger partial charge in [0.25, 0.3) is 0 Å². The maximum atomic E-state index is 6.18. The van der Waals surface area contributed by atoms with Crippen LogP contribution in [0, 0.1) is 5.92 Å². The molecule has 0 aromatic carbocycles. The molecular formula is C13H20ClN3. The van der Waals surface area contributed by atoms with Crippen LogP contribution in [0.4, 0.5) is 5.82 Å². The average Bonchev–Trinajstić information content (AvgIpc) is 2.22. The van der Waals surface area contributed by atoms with E-state index in [0.29, 0.717) is 11.1 Å². The maximum absolute atomic E-state index is 6.18. The van der Waals surface area contributed by atoms with Gasteiger partial charge < -0.3 is 4.90 Å². The number of aromatic nitrogens is 2. The molecule has 0 unspecified atom stereocenters. The fraction of sp³-hybridized carbons (Fsp3) is 0.692. The van der Waals surface area contributed by atoms with E-state index in [-0.39, 0.29) is 0 Å². The van der Waals surface area contributed by atoms with Crippen LogP contribution in [0.5, 0.6) is 0 Å². The monoisotopic (exact) mass is 253 g/mol. The summed E-state index contributed by atoms with van der Waals surface area (Å²) < 4.78 is 0. The van der Waals surface area contributed by atoms with E-state index in [0.717, 1.165) is 23.8 Å². The molecule has 1 aliphatic rings. The second kappa shape index (κ2) is 5.21. The number of hydrogen-bond donors (Lipinski definition) is 0. The van der Waals surface area contributed by atoms with Crippen LogP contribution in [0.25, 0.3) is 0 Å². The maximum Gasteiger partial charge on any atom is 0.138 e. The van der Waals surface area contributed by atoms with Crippen molar-refractivity contribution in [2.75, 3.05) is 18.5 Å². The molecule has 3 nitrogen and oxygen atoms in total. The van der Waals surface area contributed by atoms with E-state index < -0.39 is 0 Å². The van der Waals surface area contributed by atoms with Crippen LogP contribution in [0.2, 0.25) is 5.15 Å². The summed E-state index contributed by atoms with van der Waals surface area (Å²) in [5, 5.41) is 0.588. The number of halogens is 1. The molecule has 17 heavy (non-hydrogen) atoms. The lowest BCUT2D eigenvalue weighted by Gasteiger charge is -2.32. The molecule has 0 aliphatic heterocycles. The largest absolute Gasteiger partial charge is 0.359 e. The summed E-state index contributed by atoms with van der Waals surface area (Å²) in [6.07, 6.45) is 5.63. The molecule has 0 amide bonds. The molecule has 94 valence electrons. The van der Waals surface area contributed by atoms with Gasteiger partial charge in [-0.3, -0.25) is 0 Å². The van der Waals surface area contributed by atoms with Gasteiger partial charge in [0, 0.05) is 19.2 Å². The predicted octanol–water partition coefficient (Wildman–Crippen LogP) is 3.49. The van der Waals surface area contributed by atoms with Crippen molar-refractivity contribution in [1.29, 1.82) is 0 Å². The minimum atomic E-state index is 0.350. The Morgan fingerprint density at radius 2 is 2.12 bits per heavy atom. The fourth-order valence-electron chi connectivity index (χ4n) is 2.32. The molecule has 2 rings (SSSR count). The second-order valence-corrected chi connectivity index (χ2v) is 5.59. The van der Waals surface area contributed by atoms with E-state index in [1.165, 1.54) is 19.3 Å². The summed E-state index contributed by atoms with van der Waals surface area (Å²) >= 11 is 6.18. The van der Waals surface area contributed by atoms with Crippen molar-refractivity contribution in [3.8, 4) is 0 Å². The Morgan fingerprint density at radius 1 is 1.41 bits per heavy atom. The molecule has 0 N–H and O–H groups in total. The van der Waals surface area contributed by atoms with Gasteiger partial charge >= 0.3 is 0 Å². The van der Waals surface area contributed by atoms with E-state index in [2.05, 4.69) is 35.8 Å². The van der Waals surface area contributed by atoms with Crippen LogP contribution in [0.3, 0.4) is 0 Å². The minimum absolute atomic E-state index is 0.350. The Kier molecular flexibility index (Phi) is 3.87. The van der Waals surface area contributed by atoms with E-state index in [1.54, 1.807) is 6.33 Å². The molecule has 4 heteroatoms. The first-order valence-corrected chi connectivity index (χ1v) is 6.69. The molecule has 1 aliphatic carbocycles. The van der Waals surface area contributed by atoms with Crippen molar-refractivity contribution in [3.05, 3.63) is 17.0 Å². The normalized spacial score (nSPS) is 16.1. The van der Waals surface area contributed by atoms with Crippen molar-refractivity contribution in [2.24, 2.45) is 5.92 Å². The smallest absolute Gasteiger partial charge is 0.138 e. The molecule has 1 aromatic heterocycles. The van der Waals surface area contributed by atoms with Gasteiger partial charge in [-0.15, -0.1) is 0 Å². The first kappa shape index (κ1) is 12.6. The van der Waals surface area contributed by atoms with Gasteiger partial charge in [-0.1, -0.05) is 31.9 Å². The summed E-state index contributed by atoms with van der Waals surface area (Å²) in [7, 11) is 2.10. The summed E-state index contributed by atoms with van der Waals surface area (Å²) in [5.41, 5.74) is 1.07. The molecule has 1 heterocycles. The Balaban J connectivity index is 2.20. The third-order valence-corrected chi connectivity index (χ3v) is 3.81. The standard InChI is InChI=1S/C13H20ClN3/c1-9(2)11-12(14)15-8-16-13(11)17(3)7-10-5-4-6-10/h8-10H,4-7H2,1-3H3. The summed E-state index contributed by atoms with van der Waals surface area (Å²) in [6, 6.07) is 0. The zero-order valence-corrected chi connectivity index (χ0v) is 11.5. The quantitative estimate of drug-likeness (QED) is 0.770. The number of hydrogen-bond acceptors (Lipinski definition) is 3. The Hall–Kier alpha value is -0.830. The minimum Gasteiger partial charge on any atom is -0.359 e. The second-order valence-electron chi connectivity index (χ2n) is 5.23. The molecule has 0 bridgehead atoms. The van der Waals surface area contributed by atoms with Gasteiger partial charge in [0.1, 0.15) is 17.3 Å². The Labute approximate surface area is 108 Å². The van der Waals surface area contributed by atoms with Crippen molar-refractivity contribution >= 4 is 17.4 Å². The third-order valence-electron chi connectivity index (χ3n) is 3.51. The molecule has 0 atom stereocenters. The number of rotatable bonds is 4. The molecular weight excluding hydrogens is 234 g/mol. The third kappa shape index (κ3) is 2.71. The van der Waals surface area contributed by atoms with Crippen LogP contribution in [0.1, 0.15) is 44.6 Å². The summed E-state index contributed by atoms with van der Waals surface area (Å²) in [5.74, 6) is 2.17. The first-order chi connectivity index (χ1) is 8.09. The van der Waals surface area contributed by atoms with Gasteiger partial charge in [-0.25, -0.2) is 9.97 Å². The highest BCUT2D eigenvalue weighted by atomic mass is 35.5. The molecule has 1 fully saturated rings. The molecule has 1 aromatic rings. The van der Waals surface area contributed by atoms with Crippen molar-refractivity contribution in [1.82, 2.24) is 9.97 Å².